The van der Waals surface area contributed by atoms with E-state index in [1.54, 1.807) is 0 Å². The second-order valence-corrected chi connectivity index (χ2v) is 3.16. The normalized spacial score (nSPS) is 15.8. The van der Waals surface area contributed by atoms with Gasteiger partial charge in [0.15, 0.2) is 0 Å². The number of nitrogens with two attached hydrogens (primary N) is 1. The molecule has 2 N–H and O–H groups in total. The molecule has 0 atom stereocenters. The van der Waals surface area contributed by atoms with Crippen molar-refractivity contribution in [2.45, 2.75) is 25.3 Å². The average molecular weight is 188 g/mol. The van der Waals surface area contributed by atoms with E-state index in [0.717, 1.165) is 11.6 Å². The number of aromatic nitrogens is 2. The minimum atomic E-state index is 0. The fraction of sp³-hybridized carbons (Fsp3) is 0.625. The molecule has 0 radical (unpaired) electrons. The topological polar surface area (TPSA) is 43.8 Å². The summed E-state index contributed by atoms with van der Waals surface area (Å²) >= 11 is 0. The Balaban J connectivity index is 0.000000720. The Bertz CT molecular complexity index is 265. The summed E-state index contributed by atoms with van der Waals surface area (Å²) in [7, 11) is 1.99. The van der Waals surface area contributed by atoms with Crippen LogP contribution in [0.3, 0.4) is 0 Å². The maximum atomic E-state index is 5.48. The Labute approximate surface area is 78.4 Å². The molecule has 2 rings (SSSR count). The molecule has 1 heterocycles. The van der Waals surface area contributed by atoms with Crippen LogP contribution in [0.2, 0.25) is 0 Å². The van der Waals surface area contributed by atoms with E-state index >= 15 is 0 Å². The fourth-order valence-electron chi connectivity index (χ4n) is 1.40. The first-order valence-electron chi connectivity index (χ1n) is 4.04. The largest absolute Gasteiger partial charge is 0.325 e. The highest BCUT2D eigenvalue weighted by atomic mass is 35.5. The summed E-state index contributed by atoms with van der Waals surface area (Å²) in [5.74, 6) is 0.771. The van der Waals surface area contributed by atoms with E-state index in [1.807, 2.05) is 11.7 Å². The number of halogens is 1. The summed E-state index contributed by atoms with van der Waals surface area (Å²) in [5.41, 5.74) is 7.84. The SMILES string of the molecule is Cl.Cn1nc(CN)cc1C1CC1. The average Bonchev–Trinajstić information content (AvgIpc) is 2.76. The van der Waals surface area contributed by atoms with Gasteiger partial charge >= 0.3 is 0 Å². The van der Waals surface area contributed by atoms with Crippen LogP contribution >= 0.6 is 12.4 Å². The van der Waals surface area contributed by atoms with Gasteiger partial charge in [0.1, 0.15) is 0 Å². The molecule has 0 aliphatic heterocycles. The number of nitrogens with zero attached hydrogens (tertiary/aromatic N) is 2. The summed E-state index contributed by atoms with van der Waals surface area (Å²) in [6.45, 7) is 0.556. The molecule has 3 nitrogen and oxygen atoms in total. The second-order valence-electron chi connectivity index (χ2n) is 3.16. The van der Waals surface area contributed by atoms with E-state index in [9.17, 15) is 0 Å². The van der Waals surface area contributed by atoms with Crippen molar-refractivity contribution >= 4 is 12.4 Å². The molecular formula is C8H14ClN3. The molecule has 1 fully saturated rings. The van der Waals surface area contributed by atoms with Crippen LogP contribution in [0.15, 0.2) is 6.07 Å². The summed E-state index contributed by atoms with van der Waals surface area (Å²) in [6, 6.07) is 2.12. The van der Waals surface area contributed by atoms with Gasteiger partial charge in [-0.1, -0.05) is 0 Å². The molecule has 0 aromatic carbocycles. The minimum absolute atomic E-state index is 0. The zero-order valence-electron chi connectivity index (χ0n) is 7.16. The van der Waals surface area contributed by atoms with Gasteiger partial charge in [-0.05, 0) is 18.9 Å². The van der Waals surface area contributed by atoms with E-state index in [1.165, 1.54) is 18.5 Å². The smallest absolute Gasteiger partial charge is 0.0763 e. The highest BCUT2D eigenvalue weighted by Crippen LogP contribution is 2.39. The summed E-state index contributed by atoms with van der Waals surface area (Å²) in [5, 5.41) is 4.28. The van der Waals surface area contributed by atoms with Crippen molar-refractivity contribution in [2.24, 2.45) is 12.8 Å². The van der Waals surface area contributed by atoms with Crippen molar-refractivity contribution in [2.75, 3.05) is 0 Å². The molecule has 1 aliphatic rings. The summed E-state index contributed by atoms with van der Waals surface area (Å²) in [4.78, 5) is 0. The number of aryl methyl sites for hydroxylation is 1. The highest BCUT2D eigenvalue weighted by Gasteiger charge is 2.26. The third-order valence-corrected chi connectivity index (χ3v) is 2.17. The van der Waals surface area contributed by atoms with E-state index < -0.39 is 0 Å². The van der Waals surface area contributed by atoms with Crippen molar-refractivity contribution in [3.05, 3.63) is 17.5 Å². The predicted octanol–water partition coefficient (Wildman–Crippen LogP) is 1.18. The third kappa shape index (κ3) is 1.62. The monoisotopic (exact) mass is 187 g/mol. The van der Waals surface area contributed by atoms with Gasteiger partial charge in [0.25, 0.3) is 0 Å². The van der Waals surface area contributed by atoms with Gasteiger partial charge in [0.2, 0.25) is 0 Å². The molecular weight excluding hydrogens is 174 g/mol. The summed E-state index contributed by atoms with van der Waals surface area (Å²) in [6.07, 6.45) is 2.65. The number of hydrogen-bond acceptors (Lipinski definition) is 2. The molecule has 1 aromatic rings. The molecule has 68 valence electrons. The highest BCUT2D eigenvalue weighted by molar-refractivity contribution is 5.85. The fourth-order valence-corrected chi connectivity index (χ4v) is 1.40. The number of rotatable bonds is 2. The van der Waals surface area contributed by atoms with Crippen LogP contribution in [0.4, 0.5) is 0 Å². The van der Waals surface area contributed by atoms with Crippen molar-refractivity contribution in [1.29, 1.82) is 0 Å². The Kier molecular flexibility index (Phi) is 2.75. The zero-order chi connectivity index (χ0) is 7.84. The molecule has 0 unspecified atom stereocenters. The van der Waals surface area contributed by atoms with Crippen LogP contribution in [-0.4, -0.2) is 9.78 Å². The van der Waals surface area contributed by atoms with E-state index in [2.05, 4.69) is 11.2 Å². The van der Waals surface area contributed by atoms with Crippen LogP contribution in [0.5, 0.6) is 0 Å². The molecule has 0 spiro atoms. The lowest BCUT2D eigenvalue weighted by molar-refractivity contribution is 0.699. The molecule has 12 heavy (non-hydrogen) atoms. The van der Waals surface area contributed by atoms with Gasteiger partial charge in [0.05, 0.1) is 5.69 Å². The van der Waals surface area contributed by atoms with Crippen LogP contribution in [0.1, 0.15) is 30.1 Å². The van der Waals surface area contributed by atoms with E-state index in [-0.39, 0.29) is 12.4 Å². The Morgan fingerprint density at radius 2 is 2.33 bits per heavy atom. The lowest BCUT2D eigenvalue weighted by atomic mass is 10.2. The van der Waals surface area contributed by atoms with Gasteiger partial charge in [-0.3, -0.25) is 4.68 Å². The molecule has 0 saturated heterocycles. The molecule has 4 heteroatoms. The first kappa shape index (κ1) is 9.55. The lowest BCUT2D eigenvalue weighted by Crippen LogP contribution is -1.99. The third-order valence-electron chi connectivity index (χ3n) is 2.17. The van der Waals surface area contributed by atoms with Gasteiger partial charge < -0.3 is 5.73 Å². The van der Waals surface area contributed by atoms with Gasteiger partial charge in [-0.2, -0.15) is 5.10 Å². The Hall–Kier alpha value is -0.540. The minimum Gasteiger partial charge on any atom is -0.325 e. The second kappa shape index (κ2) is 3.46. The first-order chi connectivity index (χ1) is 5.31. The zero-order valence-corrected chi connectivity index (χ0v) is 7.97. The lowest BCUT2D eigenvalue weighted by Gasteiger charge is -1.95. The van der Waals surface area contributed by atoms with E-state index in [0.29, 0.717) is 6.54 Å². The van der Waals surface area contributed by atoms with Gasteiger partial charge in [-0.15, -0.1) is 12.4 Å². The van der Waals surface area contributed by atoms with Gasteiger partial charge in [0, 0.05) is 25.2 Å². The quantitative estimate of drug-likeness (QED) is 0.756. The first-order valence-corrected chi connectivity index (χ1v) is 4.04. The van der Waals surface area contributed by atoms with Crippen LogP contribution in [0.25, 0.3) is 0 Å². The molecule has 1 aliphatic carbocycles. The Morgan fingerprint density at radius 3 is 2.75 bits per heavy atom. The van der Waals surface area contributed by atoms with Crippen LogP contribution in [-0.2, 0) is 13.6 Å². The van der Waals surface area contributed by atoms with E-state index in [4.69, 9.17) is 5.73 Å². The molecule has 1 aromatic heterocycles. The van der Waals surface area contributed by atoms with Crippen molar-refractivity contribution in [1.82, 2.24) is 9.78 Å². The summed E-state index contributed by atoms with van der Waals surface area (Å²) < 4.78 is 1.96. The van der Waals surface area contributed by atoms with Crippen molar-refractivity contribution < 1.29 is 0 Å². The molecule has 1 saturated carbocycles. The molecule has 0 bridgehead atoms. The van der Waals surface area contributed by atoms with Crippen molar-refractivity contribution in [3.63, 3.8) is 0 Å². The maximum absolute atomic E-state index is 5.48. The number of hydrogen-bond donors (Lipinski definition) is 1. The maximum Gasteiger partial charge on any atom is 0.0763 e. The predicted molar refractivity (Wildman–Crippen MR) is 50.3 cm³/mol. The standard InChI is InChI=1S/C8H13N3.ClH/c1-11-8(6-2-3-6)4-7(5-9)10-11;/h4,6H,2-3,5,9H2,1H3;1H. The molecule has 0 amide bonds. The van der Waals surface area contributed by atoms with Crippen molar-refractivity contribution in [3.8, 4) is 0 Å². The van der Waals surface area contributed by atoms with Gasteiger partial charge in [-0.25, -0.2) is 0 Å². The van der Waals surface area contributed by atoms with Crippen LogP contribution < -0.4 is 5.73 Å². The van der Waals surface area contributed by atoms with Crippen LogP contribution in [0, 0.1) is 0 Å². The Morgan fingerprint density at radius 1 is 1.67 bits per heavy atom.